The van der Waals surface area contributed by atoms with Crippen LogP contribution in [0.3, 0.4) is 0 Å². The normalized spacial score (nSPS) is 10.8. The van der Waals surface area contributed by atoms with Gasteiger partial charge in [0.2, 0.25) is 0 Å². The molecule has 150 valence electrons. The summed E-state index contributed by atoms with van der Waals surface area (Å²) in [7, 11) is 0. The van der Waals surface area contributed by atoms with Crippen LogP contribution in [0.25, 0.3) is 28.0 Å². The predicted octanol–water partition coefficient (Wildman–Crippen LogP) is 3.36. The Morgan fingerprint density at radius 2 is 1.83 bits per heavy atom. The van der Waals surface area contributed by atoms with E-state index >= 15 is 0 Å². The van der Waals surface area contributed by atoms with Crippen LogP contribution in [-0.2, 0) is 4.74 Å². The molecule has 0 amide bonds. The van der Waals surface area contributed by atoms with Crippen LogP contribution in [0, 0.1) is 11.3 Å². The van der Waals surface area contributed by atoms with Gasteiger partial charge in [-0.05, 0) is 17.7 Å². The van der Waals surface area contributed by atoms with Gasteiger partial charge in [0.25, 0.3) is 0 Å². The van der Waals surface area contributed by atoms with Crippen molar-refractivity contribution in [3.63, 3.8) is 0 Å². The lowest BCUT2D eigenvalue weighted by atomic mass is 10.1. The number of aliphatic hydroxyl groups is 1. The first-order chi connectivity index (χ1) is 14.8. The summed E-state index contributed by atoms with van der Waals surface area (Å²) in [5, 5.41) is 25.8. The van der Waals surface area contributed by atoms with Crippen molar-refractivity contribution in [2.24, 2.45) is 0 Å². The smallest absolute Gasteiger partial charge is 0.165 e. The highest BCUT2D eigenvalue weighted by Crippen LogP contribution is 2.29. The van der Waals surface area contributed by atoms with E-state index in [-0.39, 0.29) is 6.61 Å². The Bertz CT molecular complexity index is 1160. The zero-order valence-corrected chi connectivity index (χ0v) is 16.3. The van der Waals surface area contributed by atoms with Gasteiger partial charge in [-0.2, -0.15) is 14.9 Å². The van der Waals surface area contributed by atoms with Crippen molar-refractivity contribution in [2.45, 2.75) is 0 Å². The molecule has 0 aliphatic heterocycles. The maximum atomic E-state index is 9.05. The Kier molecular flexibility index (Phi) is 5.99. The molecule has 0 radical (unpaired) electrons. The van der Waals surface area contributed by atoms with Crippen LogP contribution >= 0.6 is 0 Å². The third-order valence-corrected chi connectivity index (χ3v) is 4.65. The zero-order chi connectivity index (χ0) is 20.8. The molecule has 0 fully saturated rings. The molecule has 0 unspecified atom stereocenters. The minimum atomic E-state index is 0.00473. The van der Waals surface area contributed by atoms with Gasteiger partial charge in [0.15, 0.2) is 5.65 Å². The molecule has 2 heterocycles. The van der Waals surface area contributed by atoms with Gasteiger partial charge >= 0.3 is 0 Å². The highest BCUT2D eigenvalue weighted by atomic mass is 16.5. The number of fused-ring (bicyclic) bond motifs is 1. The number of hydrogen-bond donors (Lipinski definition) is 2. The van der Waals surface area contributed by atoms with E-state index in [9.17, 15) is 0 Å². The molecular weight excluding hydrogens is 378 g/mol. The Morgan fingerprint density at radius 3 is 2.57 bits per heavy atom. The number of aliphatic hydroxyl groups excluding tert-OH is 1. The van der Waals surface area contributed by atoms with E-state index in [1.807, 2.05) is 48.5 Å². The lowest BCUT2D eigenvalue weighted by Gasteiger charge is -2.11. The summed E-state index contributed by atoms with van der Waals surface area (Å²) in [5.41, 5.74) is 5.00. The fraction of sp³-hybridized carbons (Fsp3) is 0.174. The van der Waals surface area contributed by atoms with Gasteiger partial charge in [-0.3, -0.25) is 0 Å². The number of aromatic nitrogens is 3. The molecule has 30 heavy (non-hydrogen) atoms. The topological polar surface area (TPSA) is 95.5 Å². The largest absolute Gasteiger partial charge is 0.394 e. The van der Waals surface area contributed by atoms with Crippen molar-refractivity contribution < 1.29 is 9.84 Å². The number of hydrogen-bond acceptors (Lipinski definition) is 6. The van der Waals surface area contributed by atoms with E-state index < -0.39 is 0 Å². The quantitative estimate of drug-likeness (QED) is 0.441. The van der Waals surface area contributed by atoms with E-state index in [2.05, 4.69) is 16.5 Å². The summed E-state index contributed by atoms with van der Waals surface area (Å²) in [4.78, 5) is 4.87. The first-order valence-electron chi connectivity index (χ1n) is 9.67. The zero-order valence-electron chi connectivity index (χ0n) is 16.3. The number of rotatable bonds is 8. The average molecular weight is 399 g/mol. The van der Waals surface area contributed by atoms with Gasteiger partial charge in [-0.15, -0.1) is 0 Å². The van der Waals surface area contributed by atoms with Crippen molar-refractivity contribution in [3.05, 3.63) is 72.4 Å². The first kappa shape index (κ1) is 19.6. The third-order valence-electron chi connectivity index (χ3n) is 4.65. The van der Waals surface area contributed by atoms with E-state index in [4.69, 9.17) is 20.1 Å². The van der Waals surface area contributed by atoms with Crippen molar-refractivity contribution >= 4 is 11.5 Å². The second kappa shape index (κ2) is 9.18. The van der Waals surface area contributed by atoms with Crippen LogP contribution in [0.1, 0.15) is 5.56 Å². The highest BCUT2D eigenvalue weighted by molar-refractivity contribution is 5.80. The molecule has 2 aromatic carbocycles. The van der Waals surface area contributed by atoms with Gasteiger partial charge in [-0.25, -0.2) is 4.98 Å². The van der Waals surface area contributed by atoms with Gasteiger partial charge < -0.3 is 15.2 Å². The van der Waals surface area contributed by atoms with E-state index in [0.29, 0.717) is 25.3 Å². The summed E-state index contributed by atoms with van der Waals surface area (Å²) >= 11 is 0. The molecule has 2 N–H and O–H groups in total. The molecule has 0 saturated carbocycles. The fourth-order valence-corrected chi connectivity index (χ4v) is 3.19. The van der Waals surface area contributed by atoms with Crippen molar-refractivity contribution in [2.75, 3.05) is 31.7 Å². The maximum Gasteiger partial charge on any atom is 0.165 e. The van der Waals surface area contributed by atoms with Crippen molar-refractivity contribution in [1.82, 2.24) is 14.6 Å². The molecule has 7 nitrogen and oxygen atoms in total. The van der Waals surface area contributed by atoms with Crippen LogP contribution in [0.15, 0.2) is 66.9 Å². The van der Waals surface area contributed by atoms with Crippen molar-refractivity contribution in [3.8, 4) is 28.5 Å². The maximum absolute atomic E-state index is 9.05. The molecule has 7 heteroatoms. The molecule has 0 saturated heterocycles. The molecule has 0 spiro atoms. The van der Waals surface area contributed by atoms with Crippen LogP contribution in [0.2, 0.25) is 0 Å². The average Bonchev–Trinajstić information content (AvgIpc) is 3.23. The number of nitriles is 1. The Hall–Kier alpha value is -3.73. The summed E-state index contributed by atoms with van der Waals surface area (Å²) in [5.74, 6) is 0.798. The SMILES string of the molecule is N#Cc1ccc(-c2cnn3c(NCCOCCO)cc(-c4ccccc4)nc23)cc1. The standard InChI is InChI=1S/C23H21N5O2/c24-15-17-6-8-18(9-7-17)20-16-26-28-22(25-10-12-30-13-11-29)14-21(27-23(20)28)19-4-2-1-3-5-19/h1-9,14,16,25,29H,10-13H2. The summed E-state index contributed by atoms with van der Waals surface area (Å²) in [6.45, 7) is 1.35. The van der Waals surface area contributed by atoms with E-state index in [1.54, 1.807) is 22.8 Å². The second-order valence-corrected chi connectivity index (χ2v) is 6.64. The third kappa shape index (κ3) is 4.15. The molecule has 4 rings (SSSR count). The lowest BCUT2D eigenvalue weighted by molar-refractivity contribution is 0.0991. The number of anilines is 1. The molecule has 2 aromatic heterocycles. The van der Waals surface area contributed by atoms with Crippen LogP contribution in [0.5, 0.6) is 0 Å². The Balaban J connectivity index is 1.75. The fourth-order valence-electron chi connectivity index (χ4n) is 3.19. The number of benzene rings is 2. The monoisotopic (exact) mass is 399 g/mol. The summed E-state index contributed by atoms with van der Waals surface area (Å²) in [6.07, 6.45) is 1.78. The first-order valence-corrected chi connectivity index (χ1v) is 9.67. The minimum Gasteiger partial charge on any atom is -0.394 e. The van der Waals surface area contributed by atoms with E-state index in [0.717, 1.165) is 33.8 Å². The summed E-state index contributed by atoms with van der Waals surface area (Å²) < 4.78 is 7.11. The molecule has 0 bridgehead atoms. The highest BCUT2D eigenvalue weighted by Gasteiger charge is 2.14. The van der Waals surface area contributed by atoms with E-state index in [1.165, 1.54) is 0 Å². The van der Waals surface area contributed by atoms with Gasteiger partial charge in [0, 0.05) is 23.7 Å². The van der Waals surface area contributed by atoms with Gasteiger partial charge in [0.1, 0.15) is 5.82 Å². The van der Waals surface area contributed by atoms with Gasteiger partial charge in [0.05, 0.1) is 43.3 Å². The van der Waals surface area contributed by atoms with Crippen LogP contribution < -0.4 is 5.32 Å². The summed E-state index contributed by atoms with van der Waals surface area (Å²) in [6, 6.07) is 21.5. The lowest BCUT2D eigenvalue weighted by Crippen LogP contribution is -2.14. The molecular formula is C23H21N5O2. The van der Waals surface area contributed by atoms with Gasteiger partial charge in [-0.1, -0.05) is 42.5 Å². The Labute approximate surface area is 174 Å². The number of nitrogens with one attached hydrogen (secondary N) is 1. The van der Waals surface area contributed by atoms with Crippen molar-refractivity contribution in [1.29, 1.82) is 5.26 Å². The predicted molar refractivity (Wildman–Crippen MR) is 115 cm³/mol. The number of nitrogens with zero attached hydrogens (tertiary/aromatic N) is 4. The van der Waals surface area contributed by atoms with Crippen LogP contribution in [0.4, 0.5) is 5.82 Å². The number of ether oxygens (including phenoxy) is 1. The molecule has 0 atom stereocenters. The second-order valence-electron chi connectivity index (χ2n) is 6.64. The van der Waals surface area contributed by atoms with Crippen LogP contribution in [-0.4, -0.2) is 46.1 Å². The molecule has 0 aliphatic carbocycles. The Morgan fingerprint density at radius 1 is 1.03 bits per heavy atom. The molecule has 0 aliphatic rings. The minimum absolute atomic E-state index is 0.00473. The molecule has 4 aromatic rings.